The molecule has 0 fully saturated rings. The minimum atomic E-state index is -3.79. The standard InChI is InChI=1S/C19H22N2O5S/c1-14(22)15-7-5-8-17(12-15)27(24,25)21-11-10-19(23)20-13-16-6-3-4-9-18(16)26-2/h3-9,12,21H,10-11,13H2,1-2H3,(H,20,23). The third-order valence-electron chi connectivity index (χ3n) is 3.86. The van der Waals surface area contributed by atoms with Crippen LogP contribution in [0.15, 0.2) is 53.4 Å². The Kier molecular flexibility index (Phi) is 7.09. The number of nitrogens with one attached hydrogen (secondary N) is 2. The van der Waals surface area contributed by atoms with Gasteiger partial charge in [0.05, 0.1) is 12.0 Å². The summed E-state index contributed by atoms with van der Waals surface area (Å²) in [5.41, 5.74) is 1.14. The van der Waals surface area contributed by atoms with Crippen LogP contribution in [0.25, 0.3) is 0 Å². The molecule has 0 aliphatic rings. The molecule has 27 heavy (non-hydrogen) atoms. The van der Waals surface area contributed by atoms with Crippen molar-refractivity contribution < 1.29 is 22.7 Å². The number of hydrogen-bond acceptors (Lipinski definition) is 5. The van der Waals surface area contributed by atoms with Crippen LogP contribution in [0.3, 0.4) is 0 Å². The summed E-state index contributed by atoms with van der Waals surface area (Å²) in [5, 5.41) is 2.73. The molecule has 0 bridgehead atoms. The lowest BCUT2D eigenvalue weighted by molar-refractivity contribution is -0.121. The molecule has 0 aliphatic heterocycles. The lowest BCUT2D eigenvalue weighted by Crippen LogP contribution is -2.30. The van der Waals surface area contributed by atoms with Crippen LogP contribution in [0.1, 0.15) is 29.3 Å². The zero-order valence-electron chi connectivity index (χ0n) is 15.2. The van der Waals surface area contributed by atoms with E-state index in [-0.39, 0.29) is 36.1 Å². The van der Waals surface area contributed by atoms with Crippen molar-refractivity contribution >= 4 is 21.7 Å². The van der Waals surface area contributed by atoms with Gasteiger partial charge in [0.15, 0.2) is 5.78 Å². The van der Waals surface area contributed by atoms with Crippen LogP contribution in [0.5, 0.6) is 5.75 Å². The maximum Gasteiger partial charge on any atom is 0.240 e. The van der Waals surface area contributed by atoms with Gasteiger partial charge in [0.25, 0.3) is 0 Å². The van der Waals surface area contributed by atoms with Crippen molar-refractivity contribution in [2.45, 2.75) is 24.8 Å². The molecule has 2 aromatic carbocycles. The van der Waals surface area contributed by atoms with E-state index in [0.29, 0.717) is 11.3 Å². The van der Waals surface area contributed by atoms with Crippen molar-refractivity contribution in [3.63, 3.8) is 0 Å². The topological polar surface area (TPSA) is 102 Å². The first-order valence-electron chi connectivity index (χ1n) is 8.33. The van der Waals surface area contributed by atoms with Crippen molar-refractivity contribution in [1.82, 2.24) is 10.0 Å². The van der Waals surface area contributed by atoms with Gasteiger partial charge in [0.1, 0.15) is 5.75 Å². The summed E-state index contributed by atoms with van der Waals surface area (Å²) in [6, 6.07) is 13.1. The summed E-state index contributed by atoms with van der Waals surface area (Å²) in [6.07, 6.45) is -0.0131. The van der Waals surface area contributed by atoms with Crippen molar-refractivity contribution in [2.75, 3.05) is 13.7 Å². The predicted octanol–water partition coefficient (Wildman–Crippen LogP) is 1.88. The Balaban J connectivity index is 1.87. The molecule has 0 atom stereocenters. The molecule has 0 saturated heterocycles. The molecule has 0 spiro atoms. The Hall–Kier alpha value is -2.71. The van der Waals surface area contributed by atoms with E-state index in [0.717, 1.165) is 5.56 Å². The summed E-state index contributed by atoms with van der Waals surface area (Å²) in [4.78, 5) is 23.3. The van der Waals surface area contributed by atoms with Gasteiger partial charge in [-0.1, -0.05) is 30.3 Å². The molecule has 0 aromatic heterocycles. The van der Waals surface area contributed by atoms with Crippen molar-refractivity contribution in [2.24, 2.45) is 0 Å². The molecule has 7 nitrogen and oxygen atoms in total. The number of para-hydroxylation sites is 1. The van der Waals surface area contributed by atoms with Crippen LogP contribution in [0.2, 0.25) is 0 Å². The van der Waals surface area contributed by atoms with Gasteiger partial charge in [0, 0.05) is 30.6 Å². The average molecular weight is 390 g/mol. The van der Waals surface area contributed by atoms with Gasteiger partial charge in [-0.15, -0.1) is 0 Å². The van der Waals surface area contributed by atoms with Crippen LogP contribution < -0.4 is 14.8 Å². The second kappa shape index (κ2) is 9.29. The largest absolute Gasteiger partial charge is 0.496 e. The first kappa shape index (κ1) is 20.6. The lowest BCUT2D eigenvalue weighted by atomic mass is 10.2. The monoisotopic (exact) mass is 390 g/mol. The summed E-state index contributed by atoms with van der Waals surface area (Å²) in [6.45, 7) is 1.60. The molecular weight excluding hydrogens is 368 g/mol. The van der Waals surface area contributed by atoms with E-state index >= 15 is 0 Å². The Labute approximate surface area is 158 Å². The smallest absolute Gasteiger partial charge is 0.240 e. The van der Waals surface area contributed by atoms with Crippen molar-refractivity contribution in [3.8, 4) is 5.75 Å². The lowest BCUT2D eigenvalue weighted by Gasteiger charge is -2.10. The molecule has 0 aliphatic carbocycles. The number of rotatable bonds is 9. The van der Waals surface area contributed by atoms with Crippen LogP contribution >= 0.6 is 0 Å². The Morgan fingerprint density at radius 2 is 1.81 bits per heavy atom. The number of amides is 1. The maximum absolute atomic E-state index is 12.3. The first-order valence-corrected chi connectivity index (χ1v) is 9.81. The number of carbonyl (C=O) groups is 2. The molecule has 0 unspecified atom stereocenters. The van der Waals surface area contributed by atoms with Gasteiger partial charge in [-0.3, -0.25) is 9.59 Å². The van der Waals surface area contributed by atoms with E-state index in [1.165, 1.54) is 25.1 Å². The normalized spacial score (nSPS) is 11.0. The Morgan fingerprint density at radius 3 is 2.52 bits per heavy atom. The third-order valence-corrected chi connectivity index (χ3v) is 5.32. The average Bonchev–Trinajstić information content (AvgIpc) is 2.66. The molecule has 0 saturated carbocycles. The summed E-state index contributed by atoms with van der Waals surface area (Å²) in [7, 11) is -2.24. The number of Topliss-reactive ketones (excluding diaryl/α,β-unsaturated/α-hetero) is 1. The van der Waals surface area contributed by atoms with Gasteiger partial charge in [0.2, 0.25) is 15.9 Å². The van der Waals surface area contributed by atoms with E-state index in [2.05, 4.69) is 10.0 Å². The van der Waals surface area contributed by atoms with Gasteiger partial charge < -0.3 is 10.1 Å². The second-order valence-electron chi connectivity index (χ2n) is 5.82. The second-order valence-corrected chi connectivity index (χ2v) is 7.59. The highest BCUT2D eigenvalue weighted by molar-refractivity contribution is 7.89. The molecule has 1 amide bonds. The highest BCUT2D eigenvalue weighted by atomic mass is 32.2. The van der Waals surface area contributed by atoms with Crippen LogP contribution in [-0.4, -0.2) is 33.8 Å². The summed E-state index contributed by atoms with van der Waals surface area (Å²) in [5.74, 6) is 0.160. The number of carbonyl (C=O) groups excluding carboxylic acids is 2. The SMILES string of the molecule is COc1ccccc1CNC(=O)CCNS(=O)(=O)c1cccc(C(C)=O)c1. The predicted molar refractivity (Wildman–Crippen MR) is 101 cm³/mol. The zero-order chi connectivity index (χ0) is 19.9. The van der Waals surface area contributed by atoms with Gasteiger partial charge in [-0.05, 0) is 25.1 Å². The van der Waals surface area contributed by atoms with Crippen LogP contribution in [-0.2, 0) is 21.4 Å². The van der Waals surface area contributed by atoms with Gasteiger partial charge in [-0.2, -0.15) is 0 Å². The fraction of sp³-hybridized carbons (Fsp3) is 0.263. The van der Waals surface area contributed by atoms with Crippen LogP contribution in [0.4, 0.5) is 0 Å². The van der Waals surface area contributed by atoms with Crippen LogP contribution in [0, 0.1) is 0 Å². The first-order chi connectivity index (χ1) is 12.8. The minimum absolute atomic E-state index is 0.00960. The summed E-state index contributed by atoms with van der Waals surface area (Å²) >= 11 is 0. The molecule has 2 rings (SSSR count). The molecule has 0 heterocycles. The molecule has 8 heteroatoms. The molecule has 0 radical (unpaired) electrons. The van der Waals surface area contributed by atoms with E-state index in [4.69, 9.17) is 4.74 Å². The zero-order valence-corrected chi connectivity index (χ0v) is 16.0. The maximum atomic E-state index is 12.3. The van der Waals surface area contributed by atoms with E-state index in [1.807, 2.05) is 18.2 Å². The van der Waals surface area contributed by atoms with E-state index < -0.39 is 10.0 Å². The third kappa shape index (κ3) is 5.90. The van der Waals surface area contributed by atoms with Gasteiger partial charge in [-0.25, -0.2) is 13.1 Å². The van der Waals surface area contributed by atoms with Crippen molar-refractivity contribution in [1.29, 1.82) is 0 Å². The number of hydrogen-bond donors (Lipinski definition) is 2. The Bertz CT molecular complexity index is 925. The number of ether oxygens (including phenoxy) is 1. The highest BCUT2D eigenvalue weighted by Gasteiger charge is 2.15. The van der Waals surface area contributed by atoms with E-state index in [9.17, 15) is 18.0 Å². The summed E-state index contributed by atoms with van der Waals surface area (Å²) < 4.78 is 32.1. The fourth-order valence-corrected chi connectivity index (χ4v) is 3.47. The highest BCUT2D eigenvalue weighted by Crippen LogP contribution is 2.16. The number of sulfonamides is 1. The fourth-order valence-electron chi connectivity index (χ4n) is 2.40. The molecule has 144 valence electrons. The number of methoxy groups -OCH3 is 1. The van der Waals surface area contributed by atoms with Gasteiger partial charge >= 0.3 is 0 Å². The number of benzene rings is 2. The molecule has 2 N–H and O–H groups in total. The molecule has 2 aromatic rings. The molecular formula is C19H22N2O5S. The number of ketones is 1. The van der Waals surface area contributed by atoms with E-state index in [1.54, 1.807) is 19.2 Å². The quantitative estimate of drug-likeness (QED) is 0.637. The minimum Gasteiger partial charge on any atom is -0.496 e. The van der Waals surface area contributed by atoms with Crippen molar-refractivity contribution in [3.05, 3.63) is 59.7 Å². The Morgan fingerprint density at radius 1 is 1.07 bits per heavy atom.